The van der Waals surface area contributed by atoms with E-state index in [0.717, 1.165) is 55.5 Å². The first-order valence-electron chi connectivity index (χ1n) is 44.8. The van der Waals surface area contributed by atoms with Gasteiger partial charge in [0.1, 0.15) is 0 Å². The third kappa shape index (κ3) is 9.59. The van der Waals surface area contributed by atoms with Crippen molar-refractivity contribution in [1.29, 1.82) is 0 Å². The molecular formula is C96H77BN4O. The van der Waals surface area contributed by atoms with Gasteiger partial charge >= 0.3 is 0 Å². The van der Waals surface area contributed by atoms with Crippen molar-refractivity contribution in [3.63, 3.8) is 0 Å². The number of para-hydroxylation sites is 6. The lowest BCUT2D eigenvalue weighted by molar-refractivity contribution is 0.569. The largest absolute Gasteiger partial charge is 0.452 e. The van der Waals surface area contributed by atoms with Gasteiger partial charge in [0.2, 0.25) is 0 Å². The Kier molecular flexibility index (Phi) is 9.62. The lowest BCUT2D eigenvalue weighted by Gasteiger charge is -2.45. The average molecular weight is 1330 g/mol. The predicted octanol–water partition coefficient (Wildman–Crippen LogP) is 24.4. The van der Waals surface area contributed by atoms with Gasteiger partial charge in [-0.25, -0.2) is 0 Å². The van der Waals surface area contributed by atoms with Crippen LogP contribution in [0.1, 0.15) is 108 Å². The van der Waals surface area contributed by atoms with Gasteiger partial charge in [0.15, 0.2) is 11.2 Å². The molecule has 14 aromatic carbocycles. The van der Waals surface area contributed by atoms with E-state index in [1.807, 2.05) is 77.7 Å². The number of hydrogen-bond acceptors (Lipinski definition) is 3. The Morgan fingerprint density at radius 3 is 1.23 bits per heavy atom. The van der Waals surface area contributed by atoms with Gasteiger partial charge in [-0.05, 0) is 155 Å². The molecule has 0 aliphatic carbocycles. The van der Waals surface area contributed by atoms with Gasteiger partial charge in [-0.2, -0.15) is 0 Å². The number of rotatable bonds is 8. The highest BCUT2D eigenvalue weighted by Gasteiger charge is 2.46. The standard InChI is InChI=1S/C96H77BN4O/c1-94(2,3)66-51-65(52-67(55-66)95(4,5)6)64-48-50-79-87(54-64)101(91-76(61-31-15-11-16-32-61)56-68(96(7,8)9)57-77(91)62-33-17-12-18-34-62)89-59-69(98-80-41-23-19-35-70(80)71-36-20-24-42-81(71)98)58-88-90(89)97(79)78-49-47-63(60-29-13-10-14-30-60)53-86(78)100(88)85-46-28-40-75-74-39-27-45-84(92(74)102-93(75)85)99-82-43-25-21-37-72(82)73-38-22-26-44-83(73)99/h10-59H,1-9H3/i10D,13D,14D,19D,20D,21D,22D,23D,24D,25D,26D,29D,30D,35D,36D,37D,38D,41D,42D,43D,44D. The molecule has 19 rings (SSSR count). The Morgan fingerprint density at radius 2 is 0.725 bits per heavy atom. The number of nitrogens with zero attached hydrogens (tertiary/aromatic N) is 4. The Morgan fingerprint density at radius 1 is 0.304 bits per heavy atom. The SMILES string of the molecule is [2H]c1c([2H])c([2H])c(-c2ccc3c(c2)N(c2cccc4c2oc2c(-n5c6c([2H])c([2H])c([2H])c([2H])c6c6c([2H])c([2H])c([2H])c([2H])c65)cccc24)c2cc(-n4c5c([2H])c([2H])c([2H])c([2H])c5c5c([2H])c([2H])c([2H])c([2H])c54)cc4c2B3c2ccc(-c3cc(C(C)(C)C)cc(C(C)(C)C)c3)cc2N4c2c(-c3ccccc3)cc(C(C)(C)C)cc2-c2ccccc2)c([2H])c1[2H]. The Bertz CT molecular complexity index is 7330. The Hall–Kier alpha value is -11.9. The van der Waals surface area contributed by atoms with E-state index < -0.39 is 139 Å². The van der Waals surface area contributed by atoms with E-state index in [1.54, 1.807) is 30.3 Å². The predicted molar refractivity (Wildman–Crippen MR) is 434 cm³/mol. The maximum atomic E-state index is 10.2. The van der Waals surface area contributed by atoms with Crippen LogP contribution in [0.15, 0.2) is 307 Å². The monoisotopic (exact) mass is 1330 g/mol. The van der Waals surface area contributed by atoms with E-state index in [2.05, 4.69) is 140 Å². The van der Waals surface area contributed by atoms with E-state index in [1.165, 1.54) is 9.13 Å². The molecule has 0 saturated carbocycles. The van der Waals surface area contributed by atoms with Crippen molar-refractivity contribution in [1.82, 2.24) is 9.13 Å². The molecule has 0 atom stereocenters. The van der Waals surface area contributed by atoms with Gasteiger partial charge in [0.25, 0.3) is 6.71 Å². The third-order valence-electron chi connectivity index (χ3n) is 20.5. The lowest BCUT2D eigenvalue weighted by Crippen LogP contribution is -2.61. The topological polar surface area (TPSA) is 29.5 Å². The minimum Gasteiger partial charge on any atom is -0.452 e. The molecule has 5 nitrogen and oxygen atoms in total. The van der Waals surface area contributed by atoms with Gasteiger partial charge in [0.05, 0.1) is 73.6 Å². The highest BCUT2D eigenvalue weighted by Crippen LogP contribution is 2.55. The van der Waals surface area contributed by atoms with Gasteiger partial charge in [-0.15, -0.1) is 0 Å². The zero-order valence-electron chi connectivity index (χ0n) is 78.5. The van der Waals surface area contributed by atoms with E-state index in [-0.39, 0.29) is 93.8 Å². The fourth-order valence-corrected chi connectivity index (χ4v) is 15.5. The number of benzene rings is 14. The summed E-state index contributed by atoms with van der Waals surface area (Å²) in [7, 11) is 0. The highest BCUT2D eigenvalue weighted by atomic mass is 16.3. The smallest absolute Gasteiger partial charge is 0.252 e. The zero-order chi connectivity index (χ0) is 87.4. The van der Waals surface area contributed by atoms with E-state index in [4.69, 9.17) is 14.0 Å². The second-order valence-electron chi connectivity index (χ2n) is 29.7. The first kappa shape index (κ1) is 43.0. The van der Waals surface area contributed by atoms with Crippen LogP contribution in [0.5, 0.6) is 0 Å². The maximum Gasteiger partial charge on any atom is 0.252 e. The van der Waals surface area contributed by atoms with E-state index in [9.17, 15) is 19.2 Å². The molecule has 490 valence electrons. The first-order valence-corrected chi connectivity index (χ1v) is 34.3. The van der Waals surface area contributed by atoms with Gasteiger partial charge in [0, 0.05) is 66.2 Å². The van der Waals surface area contributed by atoms with Crippen LogP contribution < -0.4 is 26.2 Å². The number of fused-ring (bicyclic) bond motifs is 13. The number of furan rings is 1. The summed E-state index contributed by atoms with van der Waals surface area (Å²) in [5, 5.41) is 0.237. The summed E-state index contributed by atoms with van der Waals surface area (Å²) >= 11 is 0. The molecule has 2 aliphatic rings. The first-order chi connectivity index (χ1) is 58.2. The molecule has 0 fully saturated rings. The third-order valence-corrected chi connectivity index (χ3v) is 20.5. The van der Waals surface area contributed by atoms with Crippen molar-refractivity contribution in [3.8, 4) is 55.9 Å². The second-order valence-corrected chi connectivity index (χ2v) is 29.7. The summed E-state index contributed by atoms with van der Waals surface area (Å²) in [5.41, 5.74) is 11.9. The molecule has 0 unspecified atom stereocenters. The quantitative estimate of drug-likeness (QED) is 0.142. The molecule has 0 amide bonds. The molecular weight excluding hydrogens is 1240 g/mol. The summed E-state index contributed by atoms with van der Waals surface area (Å²) in [6, 6.07) is 45.5. The van der Waals surface area contributed by atoms with Crippen LogP contribution in [0, 0.1) is 0 Å². The van der Waals surface area contributed by atoms with E-state index >= 15 is 0 Å². The molecule has 2 aliphatic heterocycles. The summed E-state index contributed by atoms with van der Waals surface area (Å²) < 4.78 is 209. The van der Waals surface area contributed by atoms with Gasteiger partial charge < -0.3 is 23.4 Å². The molecule has 102 heavy (non-hydrogen) atoms. The summed E-state index contributed by atoms with van der Waals surface area (Å²) in [6.45, 7) is 18.8. The molecule has 0 radical (unpaired) electrons. The lowest BCUT2D eigenvalue weighted by atomic mass is 9.33. The molecule has 0 N–H and O–H groups in total. The van der Waals surface area contributed by atoms with Crippen LogP contribution in [-0.2, 0) is 16.2 Å². The van der Waals surface area contributed by atoms with Crippen molar-refractivity contribution in [2.75, 3.05) is 9.80 Å². The molecule has 0 saturated heterocycles. The minimum absolute atomic E-state index is 0.102. The van der Waals surface area contributed by atoms with Gasteiger partial charge in [-0.1, -0.05) is 292 Å². The van der Waals surface area contributed by atoms with Crippen molar-refractivity contribution in [2.45, 2.75) is 78.6 Å². The maximum absolute atomic E-state index is 10.2. The second kappa shape index (κ2) is 22.8. The molecule has 3 aromatic heterocycles. The normalized spacial score (nSPS) is 16.0. The van der Waals surface area contributed by atoms with Crippen molar-refractivity contribution >= 4 is 123 Å². The van der Waals surface area contributed by atoms with Crippen LogP contribution in [0.25, 0.3) is 121 Å². The molecule has 0 bridgehead atoms. The molecule has 17 aromatic rings. The minimum atomic E-state index is -0.853. The Balaban J connectivity index is 1.04. The fraction of sp³-hybridized carbons (Fsp3) is 0.125. The van der Waals surface area contributed by atoms with Crippen LogP contribution >= 0.6 is 0 Å². The number of hydrogen-bond donors (Lipinski definition) is 0. The summed E-state index contributed by atoms with van der Waals surface area (Å²) in [6.07, 6.45) is 0. The van der Waals surface area contributed by atoms with Crippen molar-refractivity contribution < 1.29 is 33.2 Å². The van der Waals surface area contributed by atoms with Crippen molar-refractivity contribution in [3.05, 3.63) is 320 Å². The summed E-state index contributed by atoms with van der Waals surface area (Å²) in [4.78, 5) is 4.20. The highest BCUT2D eigenvalue weighted by molar-refractivity contribution is 7.00. The van der Waals surface area contributed by atoms with Gasteiger partial charge in [-0.3, -0.25) is 0 Å². The molecule has 5 heterocycles. The Labute approximate surface area is 626 Å². The van der Waals surface area contributed by atoms with Crippen LogP contribution in [0.3, 0.4) is 0 Å². The van der Waals surface area contributed by atoms with Crippen LogP contribution in [0.2, 0.25) is 0 Å². The zero-order valence-corrected chi connectivity index (χ0v) is 57.5. The average Bonchev–Trinajstić information content (AvgIpc) is 1.67. The van der Waals surface area contributed by atoms with Crippen LogP contribution in [-0.4, -0.2) is 15.8 Å². The number of anilines is 6. The molecule has 6 heteroatoms. The van der Waals surface area contributed by atoms with E-state index in [0.29, 0.717) is 50.1 Å². The molecule has 0 spiro atoms. The summed E-state index contributed by atoms with van der Waals surface area (Å²) in [5.74, 6) is 0. The van der Waals surface area contributed by atoms with Crippen molar-refractivity contribution in [2.24, 2.45) is 0 Å². The van der Waals surface area contributed by atoms with Crippen LogP contribution in [0.4, 0.5) is 34.1 Å². The fourth-order valence-electron chi connectivity index (χ4n) is 15.5. The number of aromatic nitrogens is 2.